The van der Waals surface area contributed by atoms with E-state index >= 15 is 0 Å². The molecule has 0 fully saturated rings. The first-order valence-electron chi connectivity index (χ1n) is 4.51. The van der Waals surface area contributed by atoms with Crippen LogP contribution in [0, 0.1) is 0 Å². The molecule has 0 aliphatic heterocycles. The molecule has 0 aliphatic carbocycles. The fraction of sp³-hybridized carbons (Fsp3) is 0.182. The number of hydrogen-bond acceptors (Lipinski definition) is 3. The van der Waals surface area contributed by atoms with Crippen molar-refractivity contribution in [1.82, 2.24) is 4.98 Å². The number of H-pyrrole nitrogens is 1. The molecule has 15 heavy (non-hydrogen) atoms. The van der Waals surface area contributed by atoms with E-state index in [9.17, 15) is 4.79 Å². The number of ether oxygens (including phenoxy) is 2. The van der Waals surface area contributed by atoms with E-state index < -0.39 is 0 Å². The summed E-state index contributed by atoms with van der Waals surface area (Å²) in [7, 11) is 2.96. The predicted octanol–water partition coefficient (Wildman–Crippen LogP) is 1.55. The molecule has 2 rings (SSSR count). The lowest BCUT2D eigenvalue weighted by molar-refractivity contribution is 0.354. The second kappa shape index (κ2) is 3.65. The van der Waals surface area contributed by atoms with Crippen molar-refractivity contribution in [3.05, 3.63) is 34.6 Å². The Bertz CT molecular complexity index is 545. The van der Waals surface area contributed by atoms with Crippen molar-refractivity contribution in [3.63, 3.8) is 0 Å². The van der Waals surface area contributed by atoms with Crippen molar-refractivity contribution in [2.45, 2.75) is 0 Å². The number of hydrogen-bond donors (Lipinski definition) is 1. The number of para-hydroxylation sites is 1. The molecule has 4 heteroatoms. The third-order valence-electron chi connectivity index (χ3n) is 2.24. The van der Waals surface area contributed by atoms with Crippen molar-refractivity contribution in [2.75, 3.05) is 14.2 Å². The lowest BCUT2D eigenvalue weighted by Crippen LogP contribution is -2.10. The molecule has 1 heterocycles. The zero-order chi connectivity index (χ0) is 10.8. The molecule has 2 aromatic rings. The van der Waals surface area contributed by atoms with Gasteiger partial charge in [-0.15, -0.1) is 0 Å². The monoisotopic (exact) mass is 205 g/mol. The van der Waals surface area contributed by atoms with Crippen molar-refractivity contribution >= 4 is 10.9 Å². The Balaban J connectivity index is 2.91. The highest BCUT2D eigenvalue weighted by Crippen LogP contribution is 2.30. The van der Waals surface area contributed by atoms with Crippen molar-refractivity contribution in [2.24, 2.45) is 0 Å². The van der Waals surface area contributed by atoms with Crippen LogP contribution in [0.15, 0.2) is 29.1 Å². The zero-order valence-corrected chi connectivity index (χ0v) is 8.53. The van der Waals surface area contributed by atoms with Gasteiger partial charge in [0.1, 0.15) is 0 Å². The van der Waals surface area contributed by atoms with Gasteiger partial charge in [0.15, 0.2) is 5.75 Å². The molecule has 0 saturated heterocycles. The van der Waals surface area contributed by atoms with Crippen LogP contribution in [0.4, 0.5) is 0 Å². The highest BCUT2D eigenvalue weighted by molar-refractivity contribution is 5.87. The molecule has 0 radical (unpaired) electrons. The summed E-state index contributed by atoms with van der Waals surface area (Å²) in [6, 6.07) is 7.41. The Hall–Kier alpha value is -1.97. The largest absolute Gasteiger partial charge is 0.492 e. The Morgan fingerprint density at radius 2 is 1.73 bits per heavy atom. The van der Waals surface area contributed by atoms with Crippen LogP contribution in [0.5, 0.6) is 11.5 Å². The Morgan fingerprint density at radius 1 is 1.07 bits per heavy atom. The Kier molecular flexibility index (Phi) is 2.33. The summed E-state index contributed by atoms with van der Waals surface area (Å²) >= 11 is 0. The van der Waals surface area contributed by atoms with Crippen LogP contribution >= 0.6 is 0 Å². The van der Waals surface area contributed by atoms with E-state index in [1.807, 2.05) is 24.3 Å². The average molecular weight is 205 g/mol. The van der Waals surface area contributed by atoms with Gasteiger partial charge in [0.2, 0.25) is 5.75 Å². The van der Waals surface area contributed by atoms with Crippen molar-refractivity contribution in [1.29, 1.82) is 0 Å². The second-order valence-corrected chi connectivity index (χ2v) is 3.07. The number of methoxy groups -OCH3 is 2. The van der Waals surface area contributed by atoms with E-state index in [0.29, 0.717) is 5.75 Å². The summed E-state index contributed by atoms with van der Waals surface area (Å²) in [5.74, 6) is 0.674. The van der Waals surface area contributed by atoms with Gasteiger partial charge in [-0.25, -0.2) is 0 Å². The van der Waals surface area contributed by atoms with Gasteiger partial charge in [-0.05, 0) is 12.1 Å². The lowest BCUT2D eigenvalue weighted by atomic mass is 10.2. The Labute approximate surface area is 86.5 Å². The van der Waals surface area contributed by atoms with Crippen molar-refractivity contribution < 1.29 is 9.47 Å². The van der Waals surface area contributed by atoms with Crippen LogP contribution < -0.4 is 15.0 Å². The van der Waals surface area contributed by atoms with Crippen LogP contribution in [0.3, 0.4) is 0 Å². The van der Waals surface area contributed by atoms with Gasteiger partial charge in [0.25, 0.3) is 5.56 Å². The minimum absolute atomic E-state index is 0.205. The maximum absolute atomic E-state index is 11.6. The van der Waals surface area contributed by atoms with E-state index in [1.165, 1.54) is 14.2 Å². The molecule has 1 aromatic heterocycles. The maximum atomic E-state index is 11.6. The molecule has 0 spiro atoms. The van der Waals surface area contributed by atoms with Crippen LogP contribution in [0.25, 0.3) is 10.9 Å². The molecule has 1 aromatic carbocycles. The van der Waals surface area contributed by atoms with Crippen molar-refractivity contribution in [3.8, 4) is 11.5 Å². The first-order chi connectivity index (χ1) is 7.27. The SMILES string of the molecule is COc1c(OC)c2ccccc2[nH]c1=O. The average Bonchev–Trinajstić information content (AvgIpc) is 2.27. The third kappa shape index (κ3) is 1.44. The van der Waals surface area contributed by atoms with Gasteiger partial charge < -0.3 is 14.5 Å². The number of rotatable bonds is 2. The molecule has 0 unspecified atom stereocenters. The number of benzene rings is 1. The van der Waals surface area contributed by atoms with E-state index in [2.05, 4.69) is 4.98 Å². The normalized spacial score (nSPS) is 10.3. The van der Waals surface area contributed by atoms with Gasteiger partial charge >= 0.3 is 0 Å². The highest BCUT2D eigenvalue weighted by Gasteiger charge is 2.12. The minimum atomic E-state index is -0.284. The highest BCUT2D eigenvalue weighted by atomic mass is 16.5. The van der Waals surface area contributed by atoms with E-state index in [1.54, 1.807) is 0 Å². The smallest absolute Gasteiger partial charge is 0.294 e. The first kappa shape index (κ1) is 9.58. The summed E-state index contributed by atoms with van der Waals surface area (Å²) in [6.07, 6.45) is 0. The number of pyridine rings is 1. The molecule has 0 saturated carbocycles. The van der Waals surface area contributed by atoms with Crippen LogP contribution in [-0.2, 0) is 0 Å². The fourth-order valence-electron chi connectivity index (χ4n) is 1.58. The summed E-state index contributed by atoms with van der Waals surface area (Å²) in [4.78, 5) is 14.3. The number of nitrogens with one attached hydrogen (secondary N) is 1. The van der Waals surface area contributed by atoms with Gasteiger partial charge in [-0.3, -0.25) is 4.79 Å². The first-order valence-corrected chi connectivity index (χ1v) is 4.51. The molecule has 0 amide bonds. The summed E-state index contributed by atoms with van der Waals surface area (Å²) < 4.78 is 10.2. The number of aromatic nitrogens is 1. The fourth-order valence-corrected chi connectivity index (χ4v) is 1.58. The molecule has 0 bridgehead atoms. The molecular weight excluding hydrogens is 194 g/mol. The molecule has 0 atom stereocenters. The van der Waals surface area contributed by atoms with Gasteiger partial charge in [0, 0.05) is 5.39 Å². The molecule has 1 N–H and O–H groups in total. The molecule has 78 valence electrons. The van der Waals surface area contributed by atoms with E-state index in [0.717, 1.165) is 10.9 Å². The molecule has 0 aliphatic rings. The van der Waals surface area contributed by atoms with Gasteiger partial charge in [-0.2, -0.15) is 0 Å². The number of aromatic amines is 1. The van der Waals surface area contributed by atoms with E-state index in [4.69, 9.17) is 9.47 Å². The van der Waals surface area contributed by atoms with E-state index in [-0.39, 0.29) is 11.3 Å². The topological polar surface area (TPSA) is 51.3 Å². The van der Waals surface area contributed by atoms with Gasteiger partial charge in [0.05, 0.1) is 19.7 Å². The van der Waals surface area contributed by atoms with Crippen LogP contribution in [0.2, 0.25) is 0 Å². The standard InChI is InChI=1S/C11H11NO3/c1-14-9-7-5-3-4-6-8(7)12-11(13)10(9)15-2/h3-6H,1-2H3,(H,12,13). The quantitative estimate of drug-likeness (QED) is 0.809. The molecular formula is C11H11NO3. The van der Waals surface area contributed by atoms with Crippen LogP contribution in [0.1, 0.15) is 0 Å². The molecule has 4 nitrogen and oxygen atoms in total. The summed E-state index contributed by atoms with van der Waals surface area (Å²) in [6.45, 7) is 0. The Morgan fingerprint density at radius 3 is 2.40 bits per heavy atom. The third-order valence-corrected chi connectivity index (χ3v) is 2.24. The maximum Gasteiger partial charge on any atom is 0.294 e. The summed E-state index contributed by atoms with van der Waals surface area (Å²) in [5, 5.41) is 0.830. The van der Waals surface area contributed by atoms with Gasteiger partial charge in [-0.1, -0.05) is 12.1 Å². The second-order valence-electron chi connectivity index (χ2n) is 3.07. The predicted molar refractivity (Wildman–Crippen MR) is 57.7 cm³/mol. The minimum Gasteiger partial charge on any atom is -0.492 e. The summed E-state index contributed by atoms with van der Waals surface area (Å²) in [5.41, 5.74) is 0.452. The number of fused-ring (bicyclic) bond motifs is 1. The van der Waals surface area contributed by atoms with Crippen LogP contribution in [-0.4, -0.2) is 19.2 Å². The zero-order valence-electron chi connectivity index (χ0n) is 8.53. The lowest BCUT2D eigenvalue weighted by Gasteiger charge is -2.09.